The minimum atomic E-state index is 0.554. The maximum absolute atomic E-state index is 4.60. The third-order valence-electron chi connectivity index (χ3n) is 3.49. The third-order valence-corrected chi connectivity index (χ3v) is 4.43. The van der Waals surface area contributed by atoms with Crippen molar-refractivity contribution in [1.82, 2.24) is 14.9 Å². The summed E-state index contributed by atoms with van der Waals surface area (Å²) in [6.45, 7) is 11.3. The summed E-state index contributed by atoms with van der Waals surface area (Å²) in [7, 11) is 2.14. The fraction of sp³-hybridized carbons (Fsp3) is 0.600. The summed E-state index contributed by atoms with van der Waals surface area (Å²) in [5.74, 6) is 1.63. The molecule has 0 fully saturated rings. The molecule has 0 saturated heterocycles. The highest BCUT2D eigenvalue weighted by Crippen LogP contribution is 2.29. The lowest BCUT2D eigenvalue weighted by Gasteiger charge is -2.21. The molecule has 2 aromatic heterocycles. The van der Waals surface area contributed by atoms with E-state index in [-0.39, 0.29) is 0 Å². The Bertz CT molecular complexity index is 593. The van der Waals surface area contributed by atoms with Crippen LogP contribution in [0.3, 0.4) is 0 Å². The Balaban J connectivity index is 2.16. The Morgan fingerprint density at radius 3 is 2.71 bits per heavy atom. The van der Waals surface area contributed by atoms with Crippen LogP contribution in [0.2, 0.25) is 0 Å². The van der Waals surface area contributed by atoms with Crippen LogP contribution in [0.1, 0.15) is 25.6 Å². The van der Waals surface area contributed by atoms with Crippen molar-refractivity contribution in [2.75, 3.05) is 37.3 Å². The van der Waals surface area contributed by atoms with Gasteiger partial charge in [-0.15, -0.1) is 11.3 Å². The molecule has 5 nitrogen and oxygen atoms in total. The topological polar surface area (TPSA) is 53.1 Å². The lowest BCUT2D eigenvalue weighted by Crippen LogP contribution is -2.31. The summed E-state index contributed by atoms with van der Waals surface area (Å²) in [5.41, 5.74) is 0. The molecule has 2 heterocycles. The third kappa shape index (κ3) is 4.04. The number of fused-ring (bicyclic) bond motifs is 1. The van der Waals surface area contributed by atoms with Gasteiger partial charge in [-0.05, 0) is 40.8 Å². The van der Waals surface area contributed by atoms with Crippen LogP contribution in [0.5, 0.6) is 0 Å². The molecule has 0 aliphatic heterocycles. The van der Waals surface area contributed by atoms with Crippen LogP contribution in [-0.2, 0) is 0 Å². The number of nitrogens with zero attached hydrogens (tertiary/aromatic N) is 3. The standard InChI is InChI=1S/C15H25N5S/c1-6-16-15-18-13(17-7-8-20(5)10(2)3)12-9-11(4)21-14(12)19-15/h9-10H,6-8H2,1-5H3,(H2,16,17,18,19). The monoisotopic (exact) mass is 307 g/mol. The quantitative estimate of drug-likeness (QED) is 0.823. The number of likely N-dealkylation sites (N-methyl/N-ethyl adjacent to an activating group) is 1. The van der Waals surface area contributed by atoms with Crippen LogP contribution in [0.4, 0.5) is 11.8 Å². The number of thiophene rings is 1. The van der Waals surface area contributed by atoms with Gasteiger partial charge in [0.15, 0.2) is 0 Å². The van der Waals surface area contributed by atoms with Crippen LogP contribution in [-0.4, -0.2) is 47.6 Å². The SMILES string of the molecule is CCNc1nc(NCCN(C)C(C)C)c2cc(C)sc2n1. The van der Waals surface area contributed by atoms with Crippen molar-refractivity contribution in [3.05, 3.63) is 10.9 Å². The molecule has 2 aromatic rings. The predicted molar refractivity (Wildman–Crippen MR) is 92.6 cm³/mol. The predicted octanol–water partition coefficient (Wildman–Crippen LogP) is 3.18. The van der Waals surface area contributed by atoms with Crippen molar-refractivity contribution in [2.45, 2.75) is 33.7 Å². The van der Waals surface area contributed by atoms with E-state index in [2.05, 4.69) is 66.3 Å². The van der Waals surface area contributed by atoms with Crippen molar-refractivity contribution in [2.24, 2.45) is 0 Å². The van der Waals surface area contributed by atoms with E-state index in [1.807, 2.05) is 0 Å². The van der Waals surface area contributed by atoms with Crippen molar-refractivity contribution in [1.29, 1.82) is 0 Å². The first-order valence-electron chi connectivity index (χ1n) is 7.47. The molecule has 116 valence electrons. The van der Waals surface area contributed by atoms with Crippen LogP contribution in [0.15, 0.2) is 6.07 Å². The molecular weight excluding hydrogens is 282 g/mol. The largest absolute Gasteiger partial charge is 0.368 e. The van der Waals surface area contributed by atoms with Gasteiger partial charge in [-0.3, -0.25) is 0 Å². The zero-order chi connectivity index (χ0) is 15.4. The first-order chi connectivity index (χ1) is 10.0. The second-order valence-electron chi connectivity index (χ2n) is 5.50. The average Bonchev–Trinajstić information content (AvgIpc) is 2.79. The summed E-state index contributed by atoms with van der Waals surface area (Å²) in [6.07, 6.45) is 0. The Kier molecular flexibility index (Phi) is 5.36. The minimum Gasteiger partial charge on any atom is -0.368 e. The number of aryl methyl sites for hydroxylation is 1. The first kappa shape index (κ1) is 16.0. The summed E-state index contributed by atoms with van der Waals surface area (Å²) in [4.78, 5) is 13.8. The zero-order valence-electron chi connectivity index (χ0n) is 13.5. The van der Waals surface area contributed by atoms with Crippen molar-refractivity contribution in [3.8, 4) is 0 Å². The van der Waals surface area contributed by atoms with Crippen molar-refractivity contribution in [3.63, 3.8) is 0 Å². The molecule has 21 heavy (non-hydrogen) atoms. The lowest BCUT2D eigenvalue weighted by molar-refractivity contribution is 0.284. The highest BCUT2D eigenvalue weighted by Gasteiger charge is 2.10. The Hall–Kier alpha value is -1.40. The Labute approximate surface area is 130 Å². The number of aromatic nitrogens is 2. The van der Waals surface area contributed by atoms with E-state index >= 15 is 0 Å². The summed E-state index contributed by atoms with van der Waals surface area (Å²) in [5, 5.41) is 7.78. The second-order valence-corrected chi connectivity index (χ2v) is 6.74. The van der Waals surface area contributed by atoms with Crippen molar-refractivity contribution >= 4 is 33.3 Å². The highest BCUT2D eigenvalue weighted by atomic mass is 32.1. The molecule has 0 aromatic carbocycles. The molecule has 0 aliphatic carbocycles. The number of rotatable bonds is 7. The maximum Gasteiger partial charge on any atom is 0.226 e. The van der Waals surface area contributed by atoms with Gasteiger partial charge in [0.2, 0.25) is 5.95 Å². The molecule has 0 amide bonds. The molecule has 0 saturated carbocycles. The van der Waals surface area contributed by atoms with Gasteiger partial charge in [0.05, 0.1) is 5.39 Å². The minimum absolute atomic E-state index is 0.554. The van der Waals surface area contributed by atoms with Gasteiger partial charge < -0.3 is 15.5 Å². The molecule has 6 heteroatoms. The van der Waals surface area contributed by atoms with Crippen molar-refractivity contribution < 1.29 is 0 Å². The maximum atomic E-state index is 4.60. The Morgan fingerprint density at radius 1 is 1.29 bits per heavy atom. The fourth-order valence-corrected chi connectivity index (χ4v) is 2.90. The van der Waals surface area contributed by atoms with E-state index in [0.717, 1.165) is 35.7 Å². The second kappa shape index (κ2) is 7.04. The first-order valence-corrected chi connectivity index (χ1v) is 8.29. The lowest BCUT2D eigenvalue weighted by atomic mass is 10.3. The number of hydrogen-bond donors (Lipinski definition) is 2. The molecule has 0 aliphatic rings. The number of hydrogen-bond acceptors (Lipinski definition) is 6. The Morgan fingerprint density at radius 2 is 2.05 bits per heavy atom. The molecule has 2 rings (SSSR count). The van der Waals surface area contributed by atoms with Gasteiger partial charge in [0, 0.05) is 30.6 Å². The zero-order valence-corrected chi connectivity index (χ0v) is 14.3. The van der Waals surface area contributed by atoms with Gasteiger partial charge >= 0.3 is 0 Å². The molecule has 0 radical (unpaired) electrons. The van der Waals surface area contributed by atoms with Gasteiger partial charge in [-0.25, -0.2) is 4.98 Å². The van der Waals surface area contributed by atoms with E-state index in [1.165, 1.54) is 4.88 Å². The fourth-order valence-electron chi connectivity index (χ4n) is 2.02. The van der Waals surface area contributed by atoms with E-state index in [4.69, 9.17) is 0 Å². The molecule has 0 spiro atoms. The molecule has 0 bridgehead atoms. The van der Waals surface area contributed by atoms with E-state index in [9.17, 15) is 0 Å². The highest BCUT2D eigenvalue weighted by molar-refractivity contribution is 7.18. The van der Waals surface area contributed by atoms with Gasteiger partial charge in [-0.1, -0.05) is 0 Å². The summed E-state index contributed by atoms with van der Waals surface area (Å²) in [6, 6.07) is 2.71. The van der Waals surface area contributed by atoms with E-state index in [1.54, 1.807) is 11.3 Å². The molecule has 0 unspecified atom stereocenters. The van der Waals surface area contributed by atoms with Gasteiger partial charge in [0.1, 0.15) is 10.6 Å². The van der Waals surface area contributed by atoms with Gasteiger partial charge in [-0.2, -0.15) is 4.98 Å². The molecule has 2 N–H and O–H groups in total. The van der Waals surface area contributed by atoms with Gasteiger partial charge in [0.25, 0.3) is 0 Å². The average molecular weight is 307 g/mol. The van der Waals surface area contributed by atoms with Crippen LogP contribution < -0.4 is 10.6 Å². The van der Waals surface area contributed by atoms with E-state index in [0.29, 0.717) is 12.0 Å². The smallest absolute Gasteiger partial charge is 0.226 e. The van der Waals surface area contributed by atoms with E-state index < -0.39 is 0 Å². The van der Waals surface area contributed by atoms with Crippen LogP contribution >= 0.6 is 11.3 Å². The molecule has 0 atom stereocenters. The van der Waals surface area contributed by atoms with Crippen LogP contribution in [0.25, 0.3) is 10.2 Å². The number of nitrogens with one attached hydrogen (secondary N) is 2. The normalized spacial score (nSPS) is 11.6. The van der Waals surface area contributed by atoms with Crippen LogP contribution in [0, 0.1) is 6.92 Å². The molecular formula is C15H25N5S. The summed E-state index contributed by atoms with van der Waals surface area (Å²) < 4.78 is 0. The summed E-state index contributed by atoms with van der Waals surface area (Å²) >= 11 is 1.71. The number of anilines is 2.